The number of hydrogen-bond acceptors (Lipinski definition) is 5. The van der Waals surface area contributed by atoms with Crippen LogP contribution in [0.4, 0.5) is 5.13 Å². The second-order valence-corrected chi connectivity index (χ2v) is 11.2. The SMILES string of the molecule is CC1CC2CC(C1)CC(C)(c1csc(NC(=O)c3c(O)c4c([nH]c3=O)CCCC4)n1)C2. The summed E-state index contributed by atoms with van der Waals surface area (Å²) < 4.78 is 0. The van der Waals surface area contributed by atoms with Crippen molar-refractivity contribution in [1.82, 2.24) is 9.97 Å². The first-order valence-electron chi connectivity index (χ1n) is 11.6. The number of nitrogens with one attached hydrogen (secondary N) is 2. The highest BCUT2D eigenvalue weighted by atomic mass is 32.1. The summed E-state index contributed by atoms with van der Waals surface area (Å²) >= 11 is 1.40. The maximum absolute atomic E-state index is 12.9. The third-order valence-electron chi connectivity index (χ3n) is 7.67. The van der Waals surface area contributed by atoms with E-state index in [9.17, 15) is 14.7 Å². The molecule has 2 fully saturated rings. The van der Waals surface area contributed by atoms with Gasteiger partial charge in [0.05, 0.1) is 5.69 Å². The Morgan fingerprint density at radius 2 is 1.94 bits per heavy atom. The molecule has 0 aromatic carbocycles. The van der Waals surface area contributed by atoms with Crippen LogP contribution in [-0.4, -0.2) is 21.0 Å². The zero-order valence-corrected chi connectivity index (χ0v) is 19.1. The van der Waals surface area contributed by atoms with E-state index < -0.39 is 11.5 Å². The van der Waals surface area contributed by atoms with E-state index in [-0.39, 0.29) is 16.7 Å². The van der Waals surface area contributed by atoms with E-state index >= 15 is 0 Å². The van der Waals surface area contributed by atoms with E-state index in [0.29, 0.717) is 17.1 Å². The molecule has 3 aliphatic rings. The minimum Gasteiger partial charge on any atom is -0.507 e. The lowest BCUT2D eigenvalue weighted by Gasteiger charge is -2.46. The average molecular weight is 442 g/mol. The van der Waals surface area contributed by atoms with Crippen molar-refractivity contribution in [2.45, 2.75) is 77.0 Å². The van der Waals surface area contributed by atoms with Crippen molar-refractivity contribution in [3.8, 4) is 5.75 Å². The summed E-state index contributed by atoms with van der Waals surface area (Å²) in [5.74, 6) is 1.58. The summed E-state index contributed by atoms with van der Waals surface area (Å²) in [6.45, 7) is 4.68. The Morgan fingerprint density at radius 1 is 1.23 bits per heavy atom. The Hall–Kier alpha value is -2.15. The monoisotopic (exact) mass is 441 g/mol. The number of H-pyrrole nitrogens is 1. The topological polar surface area (TPSA) is 95.1 Å². The molecule has 31 heavy (non-hydrogen) atoms. The van der Waals surface area contributed by atoms with E-state index in [0.717, 1.165) is 61.2 Å². The second-order valence-electron chi connectivity index (χ2n) is 10.3. The van der Waals surface area contributed by atoms with Gasteiger partial charge in [-0.1, -0.05) is 13.8 Å². The van der Waals surface area contributed by atoms with Gasteiger partial charge in [0.1, 0.15) is 11.3 Å². The molecule has 2 bridgehead atoms. The minimum atomic E-state index is -0.590. The quantitative estimate of drug-likeness (QED) is 0.639. The highest BCUT2D eigenvalue weighted by molar-refractivity contribution is 7.14. The summed E-state index contributed by atoms with van der Waals surface area (Å²) in [6.07, 6.45) is 9.59. The molecule has 2 unspecified atom stereocenters. The van der Waals surface area contributed by atoms with Crippen molar-refractivity contribution >= 4 is 22.4 Å². The minimum absolute atomic E-state index is 0.0403. The van der Waals surface area contributed by atoms with Crippen LogP contribution >= 0.6 is 11.3 Å². The molecule has 2 atom stereocenters. The molecule has 5 rings (SSSR count). The van der Waals surface area contributed by atoms with E-state index in [1.807, 2.05) is 0 Å². The fourth-order valence-corrected chi connectivity index (χ4v) is 7.40. The molecular weight excluding hydrogens is 410 g/mol. The zero-order chi connectivity index (χ0) is 21.8. The van der Waals surface area contributed by atoms with Gasteiger partial charge < -0.3 is 10.1 Å². The number of anilines is 1. The molecule has 3 aliphatic carbocycles. The van der Waals surface area contributed by atoms with Crippen LogP contribution in [0.15, 0.2) is 10.2 Å². The number of carbonyl (C=O) groups is 1. The van der Waals surface area contributed by atoms with Gasteiger partial charge in [0.15, 0.2) is 5.13 Å². The van der Waals surface area contributed by atoms with E-state index in [1.165, 1.54) is 30.6 Å². The first kappa shape index (κ1) is 20.7. The number of hydrogen-bond donors (Lipinski definition) is 3. The molecule has 166 valence electrons. The maximum atomic E-state index is 12.9. The van der Waals surface area contributed by atoms with Crippen molar-refractivity contribution in [2.24, 2.45) is 17.8 Å². The first-order valence-corrected chi connectivity index (χ1v) is 12.4. The molecule has 3 N–H and O–H groups in total. The summed E-state index contributed by atoms with van der Waals surface area (Å²) in [5.41, 5.74) is 1.80. The van der Waals surface area contributed by atoms with Crippen LogP contribution in [-0.2, 0) is 18.3 Å². The number of aryl methyl sites for hydroxylation is 1. The van der Waals surface area contributed by atoms with Crippen LogP contribution in [0.1, 0.15) is 86.1 Å². The fraction of sp³-hybridized carbons (Fsp3) is 0.625. The number of aromatic hydroxyl groups is 1. The molecule has 0 radical (unpaired) electrons. The smallest absolute Gasteiger partial charge is 0.266 e. The van der Waals surface area contributed by atoms with Crippen molar-refractivity contribution in [1.29, 1.82) is 0 Å². The van der Waals surface area contributed by atoms with Gasteiger partial charge in [-0.2, -0.15) is 0 Å². The number of rotatable bonds is 3. The Kier molecular flexibility index (Phi) is 5.19. The molecule has 0 saturated heterocycles. The molecule has 2 aromatic rings. The number of nitrogens with zero attached hydrogens (tertiary/aromatic N) is 1. The lowest BCUT2D eigenvalue weighted by Crippen LogP contribution is -2.39. The van der Waals surface area contributed by atoms with E-state index in [2.05, 4.69) is 29.5 Å². The number of fused-ring (bicyclic) bond motifs is 3. The van der Waals surface area contributed by atoms with E-state index in [4.69, 9.17) is 4.98 Å². The molecular formula is C24H31N3O3S. The first-order chi connectivity index (χ1) is 14.8. The van der Waals surface area contributed by atoms with Crippen LogP contribution < -0.4 is 10.9 Å². The van der Waals surface area contributed by atoms with Gasteiger partial charge in [0, 0.05) is 22.1 Å². The van der Waals surface area contributed by atoms with Crippen molar-refractivity contribution in [3.63, 3.8) is 0 Å². The van der Waals surface area contributed by atoms with Crippen molar-refractivity contribution < 1.29 is 9.90 Å². The Balaban J connectivity index is 1.36. The molecule has 0 aliphatic heterocycles. The number of aromatic amines is 1. The number of amides is 1. The highest BCUT2D eigenvalue weighted by Gasteiger charge is 2.43. The van der Waals surface area contributed by atoms with Crippen molar-refractivity contribution in [3.05, 3.63) is 38.2 Å². The van der Waals surface area contributed by atoms with Gasteiger partial charge >= 0.3 is 0 Å². The van der Waals surface area contributed by atoms with Gasteiger partial charge in [-0.05, 0) is 75.5 Å². The highest BCUT2D eigenvalue weighted by Crippen LogP contribution is 2.51. The third kappa shape index (κ3) is 3.81. The normalized spacial score (nSPS) is 29.9. The second kappa shape index (κ2) is 7.76. The Bertz CT molecular complexity index is 1050. The summed E-state index contributed by atoms with van der Waals surface area (Å²) in [5, 5.41) is 15.9. The summed E-state index contributed by atoms with van der Waals surface area (Å²) in [7, 11) is 0. The van der Waals surface area contributed by atoms with Crippen LogP contribution in [0.5, 0.6) is 5.75 Å². The molecule has 2 heterocycles. The van der Waals surface area contributed by atoms with Crippen LogP contribution in [0.25, 0.3) is 0 Å². The lowest BCUT2D eigenvalue weighted by molar-refractivity contribution is 0.0882. The predicted molar refractivity (Wildman–Crippen MR) is 122 cm³/mol. The Labute approximate surface area is 186 Å². The fourth-order valence-electron chi connectivity index (χ4n) is 6.54. The molecule has 0 spiro atoms. The predicted octanol–water partition coefficient (Wildman–Crippen LogP) is 4.77. The zero-order valence-electron chi connectivity index (χ0n) is 18.3. The molecule has 1 amide bonds. The number of thiazole rings is 1. The Morgan fingerprint density at radius 3 is 2.68 bits per heavy atom. The van der Waals surface area contributed by atoms with Gasteiger partial charge in [-0.15, -0.1) is 11.3 Å². The molecule has 7 heteroatoms. The number of pyridine rings is 1. The number of carbonyl (C=O) groups excluding carboxylic acids is 1. The maximum Gasteiger partial charge on any atom is 0.266 e. The molecule has 2 saturated carbocycles. The van der Waals surface area contributed by atoms with E-state index in [1.54, 1.807) is 0 Å². The summed E-state index contributed by atoms with van der Waals surface area (Å²) in [6, 6.07) is 0. The summed E-state index contributed by atoms with van der Waals surface area (Å²) in [4.78, 5) is 32.9. The van der Waals surface area contributed by atoms with Crippen LogP contribution in [0.3, 0.4) is 0 Å². The molecule has 6 nitrogen and oxygen atoms in total. The van der Waals surface area contributed by atoms with Crippen LogP contribution in [0.2, 0.25) is 0 Å². The van der Waals surface area contributed by atoms with Crippen LogP contribution in [0, 0.1) is 17.8 Å². The van der Waals surface area contributed by atoms with Gasteiger partial charge in [0.2, 0.25) is 0 Å². The van der Waals surface area contributed by atoms with Crippen molar-refractivity contribution in [2.75, 3.05) is 5.32 Å². The average Bonchev–Trinajstić information content (AvgIpc) is 3.16. The standard InChI is InChI=1S/C24H31N3O3S/c1-13-7-14-9-15(8-13)11-24(2,10-14)18-12-31-23(26-18)27-22(30)19-20(28)16-5-3-4-6-17(16)25-21(19)29/h12-15H,3-11H2,1-2H3,(H2,25,28,29)(H,26,27,30). The third-order valence-corrected chi connectivity index (χ3v) is 8.43. The number of aromatic nitrogens is 2. The van der Waals surface area contributed by atoms with Gasteiger partial charge in [-0.25, -0.2) is 4.98 Å². The molecule has 2 aromatic heterocycles. The largest absolute Gasteiger partial charge is 0.507 e. The van der Waals surface area contributed by atoms with Gasteiger partial charge in [-0.3, -0.25) is 14.9 Å². The van der Waals surface area contributed by atoms with Gasteiger partial charge in [0.25, 0.3) is 11.5 Å². The lowest BCUT2D eigenvalue weighted by atomic mass is 9.59.